The fourth-order valence-electron chi connectivity index (χ4n) is 7.21. The van der Waals surface area contributed by atoms with Gasteiger partial charge in [0, 0.05) is 61.4 Å². The summed E-state index contributed by atoms with van der Waals surface area (Å²) in [5.41, 5.74) is 3.17. The number of ether oxygens (including phenoxy) is 1. The van der Waals surface area contributed by atoms with Gasteiger partial charge in [0.1, 0.15) is 18.5 Å². The molecule has 0 bridgehead atoms. The zero-order valence-electron chi connectivity index (χ0n) is 25.7. The molecule has 45 heavy (non-hydrogen) atoms. The number of amides is 1. The first-order valence-corrected chi connectivity index (χ1v) is 16.6. The second kappa shape index (κ2) is 12.9. The Hall–Kier alpha value is -3.87. The van der Waals surface area contributed by atoms with Gasteiger partial charge in [-0.15, -0.1) is 0 Å². The minimum Gasteiger partial charge on any atom is -0.462 e. The van der Waals surface area contributed by atoms with Gasteiger partial charge in [-0.3, -0.25) is 9.69 Å². The van der Waals surface area contributed by atoms with Crippen molar-refractivity contribution < 1.29 is 9.53 Å². The smallest absolute Gasteiger partial charge is 0.318 e. The predicted octanol–water partition coefficient (Wildman–Crippen LogP) is 5.36. The van der Waals surface area contributed by atoms with Crippen molar-refractivity contribution >= 4 is 39.8 Å². The molecule has 234 valence electrons. The number of rotatable bonds is 10. The zero-order chi connectivity index (χ0) is 30.9. The molecule has 0 radical (unpaired) electrons. The standard InChI is InChI=1S/C35H40ClN7O2/c1-3-32(44)43-18-17-41(22-27(43)21-37-2)34-28-15-16-40(31-12-5-8-24-7-4-11-29(36)33(24)31)23-30(28)38-35(39-34)45-20-19-42(26-13-14-26)25-9-6-10-25/h3-5,7-8,11-12,25-27H,1,6,9-10,13-23H2/t27-/m0/s1. The van der Waals surface area contributed by atoms with Crippen molar-refractivity contribution in [1.82, 2.24) is 19.8 Å². The molecule has 2 aromatic carbocycles. The summed E-state index contributed by atoms with van der Waals surface area (Å²) in [7, 11) is 0. The Labute approximate surface area is 270 Å². The highest BCUT2D eigenvalue weighted by molar-refractivity contribution is 6.36. The van der Waals surface area contributed by atoms with E-state index < -0.39 is 0 Å². The van der Waals surface area contributed by atoms with E-state index in [1.807, 2.05) is 12.1 Å². The Kier molecular flexibility index (Phi) is 8.52. The number of aromatic nitrogens is 2. The van der Waals surface area contributed by atoms with Gasteiger partial charge in [-0.25, -0.2) is 6.57 Å². The number of piperazine rings is 1. The van der Waals surface area contributed by atoms with Crippen molar-refractivity contribution in [2.24, 2.45) is 0 Å². The lowest BCUT2D eigenvalue weighted by Gasteiger charge is -2.41. The molecular formula is C35H40ClN7O2. The summed E-state index contributed by atoms with van der Waals surface area (Å²) in [6, 6.07) is 13.9. The highest BCUT2D eigenvalue weighted by Crippen LogP contribution is 2.38. The van der Waals surface area contributed by atoms with Gasteiger partial charge in [0.25, 0.3) is 0 Å². The van der Waals surface area contributed by atoms with Crippen LogP contribution < -0.4 is 14.5 Å². The first kappa shape index (κ1) is 29.8. The predicted molar refractivity (Wildman–Crippen MR) is 178 cm³/mol. The highest BCUT2D eigenvalue weighted by Gasteiger charge is 2.37. The molecule has 2 aliphatic carbocycles. The molecular weight excluding hydrogens is 586 g/mol. The first-order chi connectivity index (χ1) is 22.0. The number of halogens is 1. The average Bonchev–Trinajstić information content (AvgIpc) is 3.88. The molecule has 7 rings (SSSR count). The molecule has 3 fully saturated rings. The van der Waals surface area contributed by atoms with Crippen molar-refractivity contribution in [2.45, 2.75) is 63.2 Å². The van der Waals surface area contributed by atoms with Gasteiger partial charge in [0.15, 0.2) is 0 Å². The van der Waals surface area contributed by atoms with Crippen LogP contribution in [-0.4, -0.2) is 89.7 Å². The maximum atomic E-state index is 12.6. The van der Waals surface area contributed by atoms with Crippen LogP contribution >= 0.6 is 11.6 Å². The molecule has 0 unspecified atom stereocenters. The molecule has 4 aliphatic rings. The lowest BCUT2D eigenvalue weighted by molar-refractivity contribution is -0.128. The van der Waals surface area contributed by atoms with Gasteiger partial charge >= 0.3 is 6.01 Å². The third-order valence-corrected chi connectivity index (χ3v) is 10.2. The highest BCUT2D eigenvalue weighted by atomic mass is 35.5. The van der Waals surface area contributed by atoms with E-state index in [9.17, 15) is 4.79 Å². The summed E-state index contributed by atoms with van der Waals surface area (Å²) in [6.07, 6.45) is 8.58. The normalized spacial score (nSPS) is 20.1. The number of benzene rings is 2. The van der Waals surface area contributed by atoms with Gasteiger partial charge in [0.2, 0.25) is 12.5 Å². The van der Waals surface area contributed by atoms with Crippen molar-refractivity contribution in [1.29, 1.82) is 0 Å². The number of hydrogen-bond acceptors (Lipinski definition) is 7. The van der Waals surface area contributed by atoms with Crippen LogP contribution in [0.3, 0.4) is 0 Å². The SMILES string of the molecule is [C-]#[N+]C[C@H]1CN(c2nc(OCCN(C3CCC3)C3CC3)nc3c2CCN(c2cccc4cccc(Cl)c24)C3)CCN1C(=O)C=C. The van der Waals surface area contributed by atoms with E-state index in [1.165, 1.54) is 38.2 Å². The van der Waals surface area contributed by atoms with E-state index in [-0.39, 0.29) is 18.5 Å². The van der Waals surface area contributed by atoms with Gasteiger partial charge in [0.05, 0.1) is 17.3 Å². The maximum Gasteiger partial charge on any atom is 0.318 e. The molecule has 1 aromatic heterocycles. The number of anilines is 2. The number of hydrogen-bond donors (Lipinski definition) is 0. The molecule has 3 heterocycles. The van der Waals surface area contributed by atoms with Crippen molar-refractivity contribution in [3.05, 3.63) is 76.8 Å². The van der Waals surface area contributed by atoms with Gasteiger partial charge in [-0.05, 0) is 55.7 Å². The van der Waals surface area contributed by atoms with Crippen molar-refractivity contribution in [3.8, 4) is 6.01 Å². The minimum atomic E-state index is -0.232. The fourth-order valence-corrected chi connectivity index (χ4v) is 7.49. The molecule has 10 heteroatoms. The van der Waals surface area contributed by atoms with Crippen LogP contribution in [0.5, 0.6) is 6.01 Å². The number of carbonyl (C=O) groups is 1. The first-order valence-electron chi connectivity index (χ1n) is 16.3. The van der Waals surface area contributed by atoms with E-state index in [4.69, 9.17) is 32.9 Å². The minimum absolute atomic E-state index is 0.131. The van der Waals surface area contributed by atoms with Crippen LogP contribution in [0, 0.1) is 6.57 Å². The summed E-state index contributed by atoms with van der Waals surface area (Å²) in [5, 5.41) is 2.91. The van der Waals surface area contributed by atoms with Crippen LogP contribution in [0.4, 0.5) is 11.5 Å². The number of nitrogens with zero attached hydrogens (tertiary/aromatic N) is 7. The molecule has 1 amide bonds. The summed E-state index contributed by atoms with van der Waals surface area (Å²) in [6.45, 7) is 16.0. The second-order valence-electron chi connectivity index (χ2n) is 12.6. The maximum absolute atomic E-state index is 12.6. The van der Waals surface area contributed by atoms with Crippen LogP contribution in [-0.2, 0) is 17.8 Å². The fraction of sp³-hybridized carbons (Fsp3) is 0.486. The van der Waals surface area contributed by atoms with E-state index in [0.29, 0.717) is 50.9 Å². The quantitative estimate of drug-likeness (QED) is 0.222. The summed E-state index contributed by atoms with van der Waals surface area (Å²) >= 11 is 6.73. The van der Waals surface area contributed by atoms with Crippen LogP contribution in [0.1, 0.15) is 43.4 Å². The van der Waals surface area contributed by atoms with Gasteiger partial charge < -0.3 is 24.3 Å². The molecule has 1 atom stereocenters. The van der Waals surface area contributed by atoms with Crippen molar-refractivity contribution in [3.63, 3.8) is 0 Å². The monoisotopic (exact) mass is 625 g/mol. The molecule has 0 spiro atoms. The summed E-state index contributed by atoms with van der Waals surface area (Å²) in [4.78, 5) is 35.3. The van der Waals surface area contributed by atoms with E-state index >= 15 is 0 Å². The molecule has 0 N–H and O–H groups in total. The summed E-state index contributed by atoms with van der Waals surface area (Å²) < 4.78 is 6.36. The summed E-state index contributed by atoms with van der Waals surface area (Å²) in [5.74, 6) is 0.734. The van der Waals surface area contributed by atoms with Gasteiger partial charge in [-0.1, -0.05) is 48.9 Å². The molecule has 3 aromatic rings. The number of carbonyl (C=O) groups excluding carboxylic acids is 1. The second-order valence-corrected chi connectivity index (χ2v) is 13.0. The third kappa shape index (κ3) is 6.06. The Balaban J connectivity index is 1.18. The Morgan fingerprint density at radius 1 is 1.09 bits per heavy atom. The van der Waals surface area contributed by atoms with E-state index in [2.05, 4.69) is 50.4 Å². The largest absolute Gasteiger partial charge is 0.462 e. The molecule has 9 nitrogen and oxygen atoms in total. The lowest BCUT2D eigenvalue weighted by Crippen LogP contribution is -2.56. The Morgan fingerprint density at radius 2 is 1.89 bits per heavy atom. The Bertz CT molecular complexity index is 1630. The number of fused-ring (bicyclic) bond motifs is 2. The topological polar surface area (TPSA) is 69.4 Å². The lowest BCUT2D eigenvalue weighted by atomic mass is 9.91. The average molecular weight is 626 g/mol. The third-order valence-electron chi connectivity index (χ3n) is 9.88. The zero-order valence-corrected chi connectivity index (χ0v) is 26.5. The molecule has 2 saturated carbocycles. The van der Waals surface area contributed by atoms with Gasteiger partial charge in [-0.2, -0.15) is 9.97 Å². The van der Waals surface area contributed by atoms with Crippen molar-refractivity contribution in [2.75, 3.05) is 55.7 Å². The molecule has 1 saturated heterocycles. The molecule has 2 aliphatic heterocycles. The van der Waals surface area contributed by atoms with Crippen LogP contribution in [0.25, 0.3) is 15.6 Å². The van der Waals surface area contributed by atoms with E-state index in [0.717, 1.165) is 58.1 Å². The van der Waals surface area contributed by atoms with Crippen LogP contribution in [0.2, 0.25) is 5.02 Å². The Morgan fingerprint density at radius 3 is 2.62 bits per heavy atom. The van der Waals surface area contributed by atoms with E-state index in [1.54, 1.807) is 4.90 Å². The van der Waals surface area contributed by atoms with Crippen LogP contribution in [0.15, 0.2) is 49.1 Å².